The van der Waals surface area contributed by atoms with Crippen LogP contribution >= 0.6 is 0 Å². The number of carbonyl (C=O) groups excluding carboxylic acids is 1. The molecule has 0 N–H and O–H groups in total. The van der Waals surface area contributed by atoms with Crippen molar-refractivity contribution in [1.29, 1.82) is 0 Å². The number of para-hydroxylation sites is 1. The van der Waals surface area contributed by atoms with Gasteiger partial charge in [-0.1, -0.05) is 32.0 Å². The predicted molar refractivity (Wildman–Crippen MR) is 85.2 cm³/mol. The number of rotatable bonds is 3. The fourth-order valence-corrected chi connectivity index (χ4v) is 2.93. The molecule has 0 radical (unpaired) electrons. The van der Waals surface area contributed by atoms with Gasteiger partial charge >= 0.3 is 0 Å². The number of carbonyl (C=O) groups is 1. The molecule has 3 nitrogen and oxygen atoms in total. The molecule has 1 aliphatic rings. The Bertz CT molecular complexity index is 649. The second-order valence-corrected chi connectivity index (χ2v) is 5.73. The van der Waals surface area contributed by atoms with E-state index in [0.29, 0.717) is 18.0 Å². The molecule has 1 aromatic heterocycles. The number of ketones is 1. The smallest absolute Gasteiger partial charge is 0.180 e. The number of fused-ring (bicyclic) bond motifs is 1. The third kappa shape index (κ3) is 2.68. The Balaban J connectivity index is 1.95. The fraction of sp³-hybridized carbons (Fsp3) is 0.333. The summed E-state index contributed by atoms with van der Waals surface area (Å²) in [6.07, 6.45) is 3.43. The molecule has 1 aromatic carbocycles. The highest BCUT2D eigenvalue weighted by molar-refractivity contribution is 5.94. The van der Waals surface area contributed by atoms with Gasteiger partial charge in [0.15, 0.2) is 5.78 Å². The Hall–Kier alpha value is -2.16. The molecule has 2 heterocycles. The van der Waals surface area contributed by atoms with E-state index in [9.17, 15) is 4.79 Å². The van der Waals surface area contributed by atoms with Gasteiger partial charge in [0.05, 0.1) is 11.9 Å². The molecule has 0 amide bonds. The summed E-state index contributed by atoms with van der Waals surface area (Å²) in [4.78, 5) is 18.3. The van der Waals surface area contributed by atoms with Crippen LogP contribution in [0, 0.1) is 5.92 Å². The van der Waals surface area contributed by atoms with Crippen LogP contribution < -0.4 is 4.90 Å². The number of nitrogens with zero attached hydrogens (tertiary/aromatic N) is 2. The van der Waals surface area contributed by atoms with Gasteiger partial charge in [-0.25, -0.2) is 0 Å². The minimum absolute atomic E-state index is 0.0916. The molecule has 0 fully saturated rings. The maximum Gasteiger partial charge on any atom is 0.180 e. The van der Waals surface area contributed by atoms with E-state index < -0.39 is 0 Å². The van der Waals surface area contributed by atoms with Crippen molar-refractivity contribution in [3.63, 3.8) is 0 Å². The number of aromatic nitrogens is 1. The van der Waals surface area contributed by atoms with Crippen LogP contribution in [-0.2, 0) is 6.42 Å². The Labute approximate surface area is 125 Å². The summed E-state index contributed by atoms with van der Waals surface area (Å²) >= 11 is 0. The van der Waals surface area contributed by atoms with Crippen molar-refractivity contribution in [2.24, 2.45) is 5.92 Å². The van der Waals surface area contributed by atoms with E-state index in [1.165, 1.54) is 11.3 Å². The molecule has 1 atom stereocenters. The predicted octanol–water partition coefficient (Wildman–Crippen LogP) is 4.00. The summed E-state index contributed by atoms with van der Waals surface area (Å²) in [5.74, 6) is 0.700. The highest BCUT2D eigenvalue weighted by Crippen LogP contribution is 2.34. The average Bonchev–Trinajstić information content (AvgIpc) is 2.53. The number of pyridine rings is 1. The van der Waals surface area contributed by atoms with E-state index >= 15 is 0 Å². The van der Waals surface area contributed by atoms with Gasteiger partial charge in [0.25, 0.3) is 0 Å². The SMILES string of the molecule is CCC(=O)c1ccc(N2CC(C)Cc3ccccc32)cn1. The maximum atomic E-state index is 11.7. The summed E-state index contributed by atoms with van der Waals surface area (Å²) < 4.78 is 0. The highest BCUT2D eigenvalue weighted by atomic mass is 16.1. The van der Waals surface area contributed by atoms with Crippen molar-refractivity contribution in [1.82, 2.24) is 4.98 Å². The quantitative estimate of drug-likeness (QED) is 0.797. The van der Waals surface area contributed by atoms with Crippen LogP contribution in [0.15, 0.2) is 42.6 Å². The molecular formula is C18H20N2O. The molecule has 1 unspecified atom stereocenters. The second-order valence-electron chi connectivity index (χ2n) is 5.73. The molecule has 0 bridgehead atoms. The lowest BCUT2D eigenvalue weighted by Gasteiger charge is -2.34. The van der Waals surface area contributed by atoms with Crippen molar-refractivity contribution in [3.8, 4) is 0 Å². The molecule has 0 aliphatic carbocycles. The lowest BCUT2D eigenvalue weighted by Crippen LogP contribution is -2.30. The van der Waals surface area contributed by atoms with Gasteiger partial charge in [0.2, 0.25) is 0 Å². The number of benzene rings is 1. The number of hydrogen-bond donors (Lipinski definition) is 0. The summed E-state index contributed by atoms with van der Waals surface area (Å²) in [7, 11) is 0. The first-order valence-electron chi connectivity index (χ1n) is 7.53. The lowest BCUT2D eigenvalue weighted by atomic mass is 9.93. The fourth-order valence-electron chi connectivity index (χ4n) is 2.93. The highest BCUT2D eigenvalue weighted by Gasteiger charge is 2.22. The molecule has 3 heteroatoms. The third-order valence-electron chi connectivity index (χ3n) is 4.01. The van der Waals surface area contributed by atoms with Crippen LogP contribution in [0.4, 0.5) is 11.4 Å². The number of Topliss-reactive ketones (excluding diaryl/α,β-unsaturated/α-hetero) is 1. The second kappa shape index (κ2) is 5.68. The van der Waals surface area contributed by atoms with Gasteiger partial charge in [-0.3, -0.25) is 9.78 Å². The minimum atomic E-state index is 0.0916. The van der Waals surface area contributed by atoms with Crippen LogP contribution in [0.1, 0.15) is 36.3 Å². The first kappa shape index (κ1) is 13.8. The molecule has 108 valence electrons. The number of anilines is 2. The molecule has 0 spiro atoms. The van der Waals surface area contributed by atoms with Gasteiger partial charge in [0.1, 0.15) is 5.69 Å². The maximum absolute atomic E-state index is 11.7. The average molecular weight is 280 g/mol. The van der Waals surface area contributed by atoms with Crippen LogP contribution in [0.3, 0.4) is 0 Å². The van der Waals surface area contributed by atoms with Crippen molar-refractivity contribution in [2.45, 2.75) is 26.7 Å². The van der Waals surface area contributed by atoms with E-state index in [4.69, 9.17) is 0 Å². The van der Waals surface area contributed by atoms with Crippen LogP contribution in [0.25, 0.3) is 0 Å². The number of hydrogen-bond acceptors (Lipinski definition) is 3. The van der Waals surface area contributed by atoms with Gasteiger partial charge in [0, 0.05) is 18.7 Å². The summed E-state index contributed by atoms with van der Waals surface area (Å²) in [6.45, 7) is 5.12. The largest absolute Gasteiger partial charge is 0.340 e. The van der Waals surface area contributed by atoms with Crippen molar-refractivity contribution < 1.29 is 4.79 Å². The Morgan fingerprint density at radius 3 is 2.81 bits per heavy atom. The molecule has 2 aromatic rings. The first-order chi connectivity index (χ1) is 10.2. The molecular weight excluding hydrogens is 260 g/mol. The van der Waals surface area contributed by atoms with Crippen LogP contribution in [0.2, 0.25) is 0 Å². The van der Waals surface area contributed by atoms with Crippen molar-refractivity contribution >= 4 is 17.2 Å². The van der Waals surface area contributed by atoms with E-state index in [1.54, 1.807) is 0 Å². The normalized spacial score (nSPS) is 17.4. The van der Waals surface area contributed by atoms with Gasteiger partial charge < -0.3 is 4.90 Å². The van der Waals surface area contributed by atoms with Gasteiger partial charge in [-0.15, -0.1) is 0 Å². The van der Waals surface area contributed by atoms with Crippen LogP contribution in [-0.4, -0.2) is 17.3 Å². The zero-order valence-electron chi connectivity index (χ0n) is 12.5. The lowest BCUT2D eigenvalue weighted by molar-refractivity contribution is 0.0983. The zero-order chi connectivity index (χ0) is 14.8. The van der Waals surface area contributed by atoms with Crippen LogP contribution in [0.5, 0.6) is 0 Å². The van der Waals surface area contributed by atoms with Crippen molar-refractivity contribution in [3.05, 3.63) is 53.9 Å². The third-order valence-corrected chi connectivity index (χ3v) is 4.01. The zero-order valence-corrected chi connectivity index (χ0v) is 12.5. The standard InChI is InChI=1S/C18H20N2O/c1-3-18(21)16-9-8-15(11-19-16)20-12-13(2)10-14-6-4-5-7-17(14)20/h4-9,11,13H,3,10,12H2,1-2H3. The summed E-state index contributed by atoms with van der Waals surface area (Å²) in [5.41, 5.74) is 4.25. The Morgan fingerprint density at radius 2 is 2.10 bits per heavy atom. The molecule has 0 saturated carbocycles. The summed E-state index contributed by atoms with van der Waals surface area (Å²) in [5, 5.41) is 0. The van der Waals surface area contributed by atoms with E-state index in [-0.39, 0.29) is 5.78 Å². The van der Waals surface area contributed by atoms with Crippen molar-refractivity contribution in [2.75, 3.05) is 11.4 Å². The monoisotopic (exact) mass is 280 g/mol. The Morgan fingerprint density at radius 1 is 1.29 bits per heavy atom. The van der Waals surface area contributed by atoms with E-state index in [1.807, 2.05) is 25.3 Å². The molecule has 21 heavy (non-hydrogen) atoms. The Kier molecular flexibility index (Phi) is 3.74. The minimum Gasteiger partial charge on any atom is -0.340 e. The summed E-state index contributed by atoms with van der Waals surface area (Å²) in [6, 6.07) is 12.4. The van der Waals surface area contributed by atoms with E-state index in [2.05, 4.69) is 41.1 Å². The van der Waals surface area contributed by atoms with E-state index in [0.717, 1.165) is 18.7 Å². The van der Waals surface area contributed by atoms with Gasteiger partial charge in [-0.2, -0.15) is 0 Å². The van der Waals surface area contributed by atoms with Gasteiger partial charge in [-0.05, 0) is 36.1 Å². The molecule has 1 aliphatic heterocycles. The topological polar surface area (TPSA) is 33.2 Å². The molecule has 3 rings (SSSR count). The first-order valence-corrected chi connectivity index (χ1v) is 7.53. The molecule has 0 saturated heterocycles.